The number of carbonyl (C=O) groups is 1. The summed E-state index contributed by atoms with van der Waals surface area (Å²) in [6.07, 6.45) is -4.07. The molecule has 0 aliphatic carbocycles. The van der Waals surface area contributed by atoms with Crippen LogP contribution in [0.25, 0.3) is 0 Å². The van der Waals surface area contributed by atoms with Gasteiger partial charge < -0.3 is 4.79 Å². The van der Waals surface area contributed by atoms with Crippen molar-refractivity contribution in [3.8, 4) is 0 Å². The summed E-state index contributed by atoms with van der Waals surface area (Å²) in [6, 6.07) is 0. The molecule has 0 rings (SSSR count). The van der Waals surface area contributed by atoms with Crippen LogP contribution < -0.4 is 0 Å². The first kappa shape index (κ1) is 10.2. The van der Waals surface area contributed by atoms with Crippen LogP contribution in [0.3, 0.4) is 0 Å². The van der Waals surface area contributed by atoms with Crippen LogP contribution >= 0.6 is 0 Å². The summed E-state index contributed by atoms with van der Waals surface area (Å²) in [5.41, 5.74) is 0. The van der Waals surface area contributed by atoms with Crippen LogP contribution in [0.1, 0.15) is 6.42 Å². The Morgan fingerprint density at radius 3 is 2.18 bits per heavy atom. The molecule has 0 N–H and O–H groups in total. The number of aldehydes is 1. The minimum absolute atomic E-state index is 0.0466. The second-order valence-electron chi connectivity index (χ2n) is 2.10. The zero-order chi connectivity index (χ0) is 8.85. The topological polar surface area (TPSA) is 17.1 Å². The van der Waals surface area contributed by atoms with Gasteiger partial charge in [-0.1, -0.05) is 6.08 Å². The predicted molar refractivity (Wildman–Crippen MR) is 35.3 cm³/mol. The van der Waals surface area contributed by atoms with Gasteiger partial charge in [-0.2, -0.15) is 0 Å². The van der Waals surface area contributed by atoms with Crippen molar-refractivity contribution in [2.75, 3.05) is 0 Å². The molecule has 64 valence electrons. The van der Waals surface area contributed by atoms with E-state index in [2.05, 4.69) is 6.58 Å². The largest absolute Gasteiger partial charge is 0.303 e. The van der Waals surface area contributed by atoms with Gasteiger partial charge in [-0.25, -0.2) is 13.2 Å². The van der Waals surface area contributed by atoms with E-state index in [-0.39, 0.29) is 12.7 Å². The van der Waals surface area contributed by atoms with E-state index >= 15 is 0 Å². The van der Waals surface area contributed by atoms with Gasteiger partial charge in [-0.3, -0.25) is 0 Å². The summed E-state index contributed by atoms with van der Waals surface area (Å²) in [6.45, 7) is 3.22. The van der Waals surface area contributed by atoms with Crippen molar-refractivity contribution in [1.82, 2.24) is 0 Å². The van der Waals surface area contributed by atoms with Crippen LogP contribution in [0.15, 0.2) is 12.7 Å². The van der Waals surface area contributed by atoms with Crippen molar-refractivity contribution in [3.63, 3.8) is 0 Å². The SMILES string of the molecule is C=CCC(C=O)C(F)C(F)F. The lowest BCUT2D eigenvalue weighted by atomic mass is 10.0. The molecule has 0 radical (unpaired) electrons. The molecule has 4 heteroatoms. The summed E-state index contributed by atoms with van der Waals surface area (Å²) in [5.74, 6) is -1.26. The van der Waals surface area contributed by atoms with Gasteiger partial charge in [-0.05, 0) is 6.42 Å². The van der Waals surface area contributed by atoms with Crippen LogP contribution in [-0.2, 0) is 4.79 Å². The van der Waals surface area contributed by atoms with E-state index in [0.717, 1.165) is 0 Å². The van der Waals surface area contributed by atoms with E-state index in [4.69, 9.17) is 0 Å². The summed E-state index contributed by atoms with van der Waals surface area (Å²) < 4.78 is 35.6. The molecular formula is C7H9F3O. The van der Waals surface area contributed by atoms with E-state index in [1.807, 2.05) is 0 Å². The van der Waals surface area contributed by atoms with Crippen molar-refractivity contribution in [2.24, 2.45) is 5.92 Å². The maximum Gasteiger partial charge on any atom is 0.270 e. The fourth-order valence-electron chi connectivity index (χ4n) is 0.640. The van der Waals surface area contributed by atoms with Gasteiger partial charge in [0.2, 0.25) is 0 Å². The van der Waals surface area contributed by atoms with Gasteiger partial charge in [0.1, 0.15) is 6.29 Å². The molecule has 0 bridgehead atoms. The van der Waals surface area contributed by atoms with Crippen molar-refractivity contribution in [3.05, 3.63) is 12.7 Å². The first-order valence-corrected chi connectivity index (χ1v) is 3.12. The number of hydrogen-bond donors (Lipinski definition) is 0. The minimum atomic E-state index is -3.09. The van der Waals surface area contributed by atoms with Crippen LogP contribution in [0, 0.1) is 5.92 Å². The van der Waals surface area contributed by atoms with E-state index in [1.54, 1.807) is 0 Å². The maximum absolute atomic E-state index is 12.3. The van der Waals surface area contributed by atoms with Gasteiger partial charge in [-0.15, -0.1) is 6.58 Å². The highest BCUT2D eigenvalue weighted by atomic mass is 19.3. The van der Waals surface area contributed by atoms with Crippen LogP contribution in [0.2, 0.25) is 0 Å². The highest BCUT2D eigenvalue weighted by Gasteiger charge is 2.28. The predicted octanol–water partition coefficient (Wildman–Crippen LogP) is 1.98. The second-order valence-corrected chi connectivity index (χ2v) is 2.10. The van der Waals surface area contributed by atoms with Gasteiger partial charge in [0.25, 0.3) is 6.43 Å². The molecule has 0 fully saturated rings. The molecule has 0 aliphatic rings. The Hall–Kier alpha value is -0.800. The molecule has 0 spiro atoms. The Kier molecular flexibility index (Phi) is 4.57. The first-order valence-electron chi connectivity index (χ1n) is 3.12. The third kappa shape index (κ3) is 3.20. The van der Waals surface area contributed by atoms with E-state index in [9.17, 15) is 18.0 Å². The maximum atomic E-state index is 12.3. The molecule has 2 atom stereocenters. The second kappa shape index (κ2) is 4.93. The van der Waals surface area contributed by atoms with Crippen molar-refractivity contribution in [1.29, 1.82) is 0 Å². The van der Waals surface area contributed by atoms with Crippen molar-refractivity contribution < 1.29 is 18.0 Å². The number of allylic oxidation sites excluding steroid dienone is 1. The molecule has 1 nitrogen and oxygen atoms in total. The Morgan fingerprint density at radius 1 is 1.36 bits per heavy atom. The zero-order valence-corrected chi connectivity index (χ0v) is 5.84. The van der Waals surface area contributed by atoms with E-state index in [1.165, 1.54) is 6.08 Å². The molecule has 0 aliphatic heterocycles. The molecule has 0 amide bonds. The van der Waals surface area contributed by atoms with Gasteiger partial charge in [0, 0.05) is 0 Å². The molecule has 11 heavy (non-hydrogen) atoms. The number of alkyl halides is 3. The summed E-state index contributed by atoms with van der Waals surface area (Å²) in [5, 5.41) is 0. The summed E-state index contributed by atoms with van der Waals surface area (Å²) >= 11 is 0. The smallest absolute Gasteiger partial charge is 0.270 e. The molecule has 0 aromatic rings. The van der Waals surface area contributed by atoms with Crippen LogP contribution in [0.4, 0.5) is 13.2 Å². The van der Waals surface area contributed by atoms with E-state index in [0.29, 0.717) is 0 Å². The van der Waals surface area contributed by atoms with Gasteiger partial charge in [0.15, 0.2) is 6.17 Å². The summed E-state index contributed by atoms with van der Waals surface area (Å²) in [7, 11) is 0. The summed E-state index contributed by atoms with van der Waals surface area (Å²) in [4.78, 5) is 10.0. The Labute approximate surface area is 62.9 Å². The third-order valence-electron chi connectivity index (χ3n) is 1.26. The van der Waals surface area contributed by atoms with Gasteiger partial charge in [0.05, 0.1) is 5.92 Å². The fourth-order valence-corrected chi connectivity index (χ4v) is 0.640. The lowest BCUT2D eigenvalue weighted by Crippen LogP contribution is -2.24. The highest BCUT2D eigenvalue weighted by Crippen LogP contribution is 2.17. The molecule has 0 heterocycles. The van der Waals surface area contributed by atoms with E-state index < -0.39 is 18.5 Å². The molecule has 0 saturated carbocycles. The minimum Gasteiger partial charge on any atom is -0.303 e. The molecular weight excluding hydrogens is 157 g/mol. The number of rotatable bonds is 5. The average Bonchev–Trinajstić information content (AvgIpc) is 1.98. The Bertz CT molecular complexity index is 136. The average molecular weight is 166 g/mol. The van der Waals surface area contributed by atoms with Crippen LogP contribution in [-0.4, -0.2) is 18.9 Å². The number of carbonyl (C=O) groups excluding carboxylic acids is 1. The highest BCUT2D eigenvalue weighted by molar-refractivity contribution is 5.54. The normalized spacial score (nSPS) is 16.0. The standard InChI is InChI=1S/C7H9F3O/c1-2-3-5(4-11)6(8)7(9)10/h2,4-7H,1,3H2. The fraction of sp³-hybridized carbons (Fsp3) is 0.571. The lowest BCUT2D eigenvalue weighted by Gasteiger charge is -2.11. The third-order valence-corrected chi connectivity index (χ3v) is 1.26. The zero-order valence-electron chi connectivity index (χ0n) is 5.84. The molecule has 0 saturated heterocycles. The van der Waals surface area contributed by atoms with Crippen molar-refractivity contribution >= 4 is 6.29 Å². The van der Waals surface area contributed by atoms with Crippen molar-refractivity contribution in [2.45, 2.75) is 19.0 Å². The number of halogens is 3. The lowest BCUT2D eigenvalue weighted by molar-refractivity contribution is -0.115. The molecule has 0 aromatic carbocycles. The quantitative estimate of drug-likeness (QED) is 0.451. The van der Waals surface area contributed by atoms with Gasteiger partial charge >= 0.3 is 0 Å². The molecule has 0 aromatic heterocycles. The monoisotopic (exact) mass is 166 g/mol. The van der Waals surface area contributed by atoms with Crippen LogP contribution in [0.5, 0.6) is 0 Å². The Balaban J connectivity index is 4.00. The first-order chi connectivity index (χ1) is 5.13. The molecule has 2 unspecified atom stereocenters. The Morgan fingerprint density at radius 2 is 1.91 bits per heavy atom. The number of hydrogen-bond acceptors (Lipinski definition) is 1.